The molecule has 0 radical (unpaired) electrons. The van der Waals surface area contributed by atoms with Crippen LogP contribution < -0.4 is 0 Å². The molecule has 0 rings (SSSR count). The van der Waals surface area contributed by atoms with Gasteiger partial charge in [-0.25, -0.2) is 0 Å². The Bertz CT molecular complexity index is 1060. The molecule has 0 N–H and O–H groups in total. The summed E-state index contributed by atoms with van der Waals surface area (Å²) < 4.78 is 265. The number of unbranched alkanes of at least 4 members (excludes halogenated alkanes) is 4. The van der Waals surface area contributed by atoms with Crippen LogP contribution in [0.1, 0.15) is 79.1 Å². The molecule has 0 aliphatic heterocycles. The molecule has 0 aliphatic rings. The van der Waals surface area contributed by atoms with Crippen LogP contribution >= 0.6 is 6.83 Å². The first-order valence-corrected chi connectivity index (χ1v) is 18.2. The van der Waals surface area contributed by atoms with Crippen LogP contribution in [0.4, 0.5) is 74.6 Å². The van der Waals surface area contributed by atoms with Gasteiger partial charge in [-0.1, -0.05) is 0 Å². The Labute approximate surface area is 255 Å². The third-order valence-corrected chi connectivity index (χ3v) is 16.8. The maximum absolute atomic E-state index is 15.1. The number of hydrogen-bond acceptors (Lipinski definition) is 3. The van der Waals surface area contributed by atoms with Gasteiger partial charge < -0.3 is 0 Å². The van der Waals surface area contributed by atoms with Gasteiger partial charge in [-0.05, 0) is 0 Å². The monoisotopic (exact) mass is 758 g/mol. The van der Waals surface area contributed by atoms with Crippen molar-refractivity contribution >= 4 is 16.9 Å². The molecule has 0 bridgehead atoms. The van der Waals surface area contributed by atoms with Crippen molar-refractivity contribution in [1.82, 2.24) is 0 Å². The van der Waals surface area contributed by atoms with Crippen molar-refractivity contribution in [2.45, 2.75) is 126 Å². The van der Waals surface area contributed by atoms with E-state index in [1.54, 1.807) is 0 Å². The second-order valence-electron chi connectivity index (χ2n) is 11.2. The van der Waals surface area contributed by atoms with E-state index >= 15 is 8.78 Å². The quantitative estimate of drug-likeness (QED) is 0.0865. The zero-order valence-electron chi connectivity index (χ0n) is 25.0. The second kappa shape index (κ2) is 14.2. The first kappa shape index (κ1) is 45.2. The average Bonchev–Trinajstić information content (AvgIpc) is 2.91. The summed E-state index contributed by atoms with van der Waals surface area (Å²) in [5, 5.41) is -7.66. The van der Waals surface area contributed by atoms with Gasteiger partial charge in [-0.2, -0.15) is 0 Å². The average molecular weight is 759 g/mol. The maximum atomic E-state index is 15.1. The van der Waals surface area contributed by atoms with E-state index in [9.17, 15) is 74.3 Å². The van der Waals surface area contributed by atoms with Gasteiger partial charge >= 0.3 is 255 Å². The molecule has 0 saturated carbocycles. The Balaban J connectivity index is 7.52. The van der Waals surface area contributed by atoms with E-state index in [1.165, 1.54) is 27.7 Å². The van der Waals surface area contributed by atoms with Gasteiger partial charge in [0.1, 0.15) is 0 Å². The molecule has 0 aromatic heterocycles. The Morgan fingerprint density at radius 3 is 0.913 bits per heavy atom. The molecule has 280 valence electrons. The molecule has 0 spiro atoms. The molecule has 22 heteroatoms. The summed E-state index contributed by atoms with van der Waals surface area (Å²) in [6, 6.07) is 0. The summed E-state index contributed by atoms with van der Waals surface area (Å²) in [5.41, 5.74) is 0. The predicted molar refractivity (Wildman–Crippen MR) is 137 cm³/mol. The van der Waals surface area contributed by atoms with E-state index in [0.29, 0.717) is 0 Å². The van der Waals surface area contributed by atoms with Gasteiger partial charge in [0.05, 0.1) is 0 Å². The molecule has 0 aliphatic carbocycles. The van der Waals surface area contributed by atoms with Gasteiger partial charge in [-0.3, -0.25) is 0 Å². The Hall–Kier alpha value is -0.850. The van der Waals surface area contributed by atoms with Crippen molar-refractivity contribution in [1.29, 1.82) is 0 Å². The molecule has 0 unspecified atom stereocenters. The molecule has 0 aromatic rings. The van der Waals surface area contributed by atoms with E-state index < -0.39 is 63.9 Å². The molecule has 3 nitrogen and oxygen atoms in total. The summed E-state index contributed by atoms with van der Waals surface area (Å²) in [6.07, 6.45) is -8.57. The van der Waals surface area contributed by atoms with E-state index in [-0.39, 0.29) is 76.0 Å². The first-order valence-electron chi connectivity index (χ1n) is 13.9. The molecule has 0 heterocycles. The van der Waals surface area contributed by atoms with Gasteiger partial charge in [0, 0.05) is 0 Å². The summed E-state index contributed by atoms with van der Waals surface area (Å²) in [6.45, 7) is 1.31. The fraction of sp³-hybridized carbons (Fsp3) is 1.00. The number of halogens is 17. The summed E-state index contributed by atoms with van der Waals surface area (Å²) in [4.78, 5) is 0. The predicted octanol–water partition coefficient (Wildman–Crippen LogP) is 11.0. The van der Waals surface area contributed by atoms with Crippen molar-refractivity contribution in [3.63, 3.8) is 0 Å². The molecular weight excluding hydrogens is 722 g/mol. The van der Waals surface area contributed by atoms with Crippen molar-refractivity contribution in [2.75, 3.05) is 24.6 Å². The topological polar surface area (TPSA) is 43.4 Å². The zero-order valence-corrected chi connectivity index (χ0v) is 26.7. The van der Waals surface area contributed by atoms with Crippen molar-refractivity contribution < 1.29 is 87.0 Å². The second-order valence-corrected chi connectivity index (χ2v) is 18.7. The Morgan fingerprint density at radius 2 is 0.674 bits per heavy atom. The fourth-order valence-electron chi connectivity index (χ4n) is 4.68. The Kier molecular flexibility index (Phi) is 13.9. The van der Waals surface area contributed by atoms with Gasteiger partial charge in [-0.15, -0.1) is 0 Å². The first-order chi connectivity index (χ1) is 20.3. The zero-order chi connectivity index (χ0) is 37.1. The SMILES string of the molecule is CCCCP(CCCC)(CCCC)(CCCC)OS(=O)(=O)C(F)(F)C(F)(F)C(F)(F)C(F)(F)C(F)(F)C(F)(F)C(F)(F)C(F)(F)F. The summed E-state index contributed by atoms with van der Waals surface area (Å²) in [5.74, 6) is -51.8. The van der Waals surface area contributed by atoms with Crippen molar-refractivity contribution in [2.24, 2.45) is 0 Å². The normalized spacial score (nSPS) is 16.4. The van der Waals surface area contributed by atoms with Gasteiger partial charge in [0.2, 0.25) is 0 Å². The Morgan fingerprint density at radius 1 is 0.435 bits per heavy atom. The molecule has 0 amide bonds. The molecule has 0 saturated heterocycles. The third-order valence-electron chi connectivity index (χ3n) is 7.63. The fourth-order valence-corrected chi connectivity index (χ4v) is 14.7. The van der Waals surface area contributed by atoms with Crippen LogP contribution in [0.25, 0.3) is 0 Å². The van der Waals surface area contributed by atoms with E-state index in [0.717, 1.165) is 0 Å². The standard InChI is InChI=1S/C24H36F17O3PS/c1-5-9-13-45(14-10-6-2,15-11-7-3,16-12-8-4)44-46(42,43)24(40,41)22(35,36)20(31,32)18(27,28)17(25,26)19(29,30)21(33,34)23(37,38)39/h5-16H2,1-4H3. The molecule has 0 atom stereocenters. The molecule has 46 heavy (non-hydrogen) atoms. The van der Waals surface area contributed by atoms with Crippen LogP contribution in [-0.4, -0.2) is 80.0 Å². The molecule has 0 aromatic carbocycles. The van der Waals surface area contributed by atoms with E-state index in [4.69, 9.17) is 3.97 Å². The minimum absolute atomic E-state index is 0.00456. The van der Waals surface area contributed by atoms with Crippen LogP contribution in [0.5, 0.6) is 0 Å². The van der Waals surface area contributed by atoms with E-state index in [1.807, 2.05) is 0 Å². The van der Waals surface area contributed by atoms with Crippen LogP contribution in [0.15, 0.2) is 0 Å². The van der Waals surface area contributed by atoms with Crippen LogP contribution in [-0.2, 0) is 14.1 Å². The summed E-state index contributed by atoms with van der Waals surface area (Å²) >= 11 is 0. The minimum atomic E-state index is -8.87. The van der Waals surface area contributed by atoms with Crippen LogP contribution in [0.3, 0.4) is 0 Å². The number of rotatable bonds is 21. The van der Waals surface area contributed by atoms with Gasteiger partial charge in [0.15, 0.2) is 0 Å². The third kappa shape index (κ3) is 7.35. The van der Waals surface area contributed by atoms with Gasteiger partial charge in [0.25, 0.3) is 0 Å². The van der Waals surface area contributed by atoms with Crippen LogP contribution in [0, 0.1) is 0 Å². The summed E-state index contributed by atoms with van der Waals surface area (Å²) in [7, 11) is -7.63. The van der Waals surface area contributed by atoms with Crippen LogP contribution in [0.2, 0.25) is 0 Å². The molecule has 0 fully saturated rings. The number of hydrogen-bond donors (Lipinski definition) is 0. The van der Waals surface area contributed by atoms with Crippen molar-refractivity contribution in [3.05, 3.63) is 0 Å². The van der Waals surface area contributed by atoms with Crippen molar-refractivity contribution in [3.8, 4) is 0 Å². The van der Waals surface area contributed by atoms with E-state index in [2.05, 4.69) is 0 Å². The number of alkyl halides is 17. The molecular formula is C24H36F17O3PS.